The minimum atomic E-state index is 0.198. The second-order valence-electron chi connectivity index (χ2n) is 4.97. The van der Waals surface area contributed by atoms with E-state index in [9.17, 15) is 4.79 Å². The molecule has 1 amide bonds. The van der Waals surface area contributed by atoms with Gasteiger partial charge in [-0.05, 0) is 25.8 Å². The van der Waals surface area contributed by atoms with Crippen molar-refractivity contribution in [3.63, 3.8) is 0 Å². The fraction of sp³-hybridized carbons (Fsp3) is 0.667. The lowest BCUT2D eigenvalue weighted by Crippen LogP contribution is -2.33. The molecule has 0 aromatic carbocycles. The number of amides is 1. The van der Waals surface area contributed by atoms with Crippen LogP contribution in [0.3, 0.4) is 0 Å². The number of hydrogen-bond acceptors (Lipinski definition) is 4. The summed E-state index contributed by atoms with van der Waals surface area (Å²) < 4.78 is 0. The van der Waals surface area contributed by atoms with Gasteiger partial charge in [0.25, 0.3) is 0 Å². The molecule has 0 bridgehead atoms. The Morgan fingerprint density at radius 1 is 1.53 bits per heavy atom. The zero-order valence-corrected chi connectivity index (χ0v) is 10.6. The Morgan fingerprint density at radius 3 is 3.12 bits per heavy atom. The summed E-state index contributed by atoms with van der Waals surface area (Å²) >= 11 is 1.69. The van der Waals surface area contributed by atoms with E-state index in [0.29, 0.717) is 6.04 Å². The molecule has 1 unspecified atom stereocenters. The maximum Gasteiger partial charge on any atom is 0.224 e. The molecule has 2 fully saturated rings. The van der Waals surface area contributed by atoms with Crippen LogP contribution in [0, 0.1) is 5.92 Å². The van der Waals surface area contributed by atoms with Crippen molar-refractivity contribution >= 4 is 17.2 Å². The minimum Gasteiger partial charge on any atom is -0.353 e. The fourth-order valence-corrected chi connectivity index (χ4v) is 2.91. The van der Waals surface area contributed by atoms with Crippen LogP contribution in [-0.4, -0.2) is 34.9 Å². The maximum absolute atomic E-state index is 11.9. The summed E-state index contributed by atoms with van der Waals surface area (Å²) in [5.74, 6) is 0.461. The molecule has 1 aliphatic carbocycles. The molecule has 1 aromatic rings. The quantitative estimate of drug-likeness (QED) is 0.876. The number of likely N-dealkylation sites (tertiary alicyclic amines) is 1. The Kier molecular flexibility index (Phi) is 3.11. The zero-order valence-electron chi connectivity index (χ0n) is 9.76. The highest BCUT2D eigenvalue weighted by Crippen LogP contribution is 2.23. The molecule has 92 valence electrons. The summed E-state index contributed by atoms with van der Waals surface area (Å²) in [5.41, 5.74) is 1.86. The number of carbonyl (C=O) groups is 1. The number of aromatic nitrogens is 1. The van der Waals surface area contributed by atoms with E-state index >= 15 is 0 Å². The van der Waals surface area contributed by atoms with Gasteiger partial charge in [-0.1, -0.05) is 0 Å². The van der Waals surface area contributed by atoms with Gasteiger partial charge in [0.2, 0.25) is 5.91 Å². The van der Waals surface area contributed by atoms with Crippen molar-refractivity contribution in [1.29, 1.82) is 0 Å². The summed E-state index contributed by atoms with van der Waals surface area (Å²) in [4.78, 5) is 19.6. The van der Waals surface area contributed by atoms with Gasteiger partial charge in [-0.15, -0.1) is 11.3 Å². The summed E-state index contributed by atoms with van der Waals surface area (Å²) in [6.45, 7) is 2.87. The van der Waals surface area contributed by atoms with E-state index < -0.39 is 0 Å². The monoisotopic (exact) mass is 251 g/mol. The molecule has 17 heavy (non-hydrogen) atoms. The first-order valence-electron chi connectivity index (χ1n) is 6.21. The van der Waals surface area contributed by atoms with Gasteiger partial charge in [0.15, 0.2) is 0 Å². The van der Waals surface area contributed by atoms with E-state index in [1.807, 2.05) is 11.7 Å². The largest absolute Gasteiger partial charge is 0.353 e. The third-order valence-electron chi connectivity index (χ3n) is 3.43. The predicted molar refractivity (Wildman–Crippen MR) is 66.7 cm³/mol. The van der Waals surface area contributed by atoms with Crippen LogP contribution in [0.2, 0.25) is 0 Å². The van der Waals surface area contributed by atoms with Gasteiger partial charge in [-0.25, -0.2) is 0 Å². The Bertz CT molecular complexity index is 388. The Morgan fingerprint density at radius 2 is 2.41 bits per heavy atom. The number of carbonyl (C=O) groups excluding carboxylic acids is 1. The Labute approximate surface area is 105 Å². The lowest BCUT2D eigenvalue weighted by molar-refractivity contribution is -0.124. The van der Waals surface area contributed by atoms with Gasteiger partial charge in [0, 0.05) is 30.2 Å². The average molecular weight is 251 g/mol. The van der Waals surface area contributed by atoms with Crippen molar-refractivity contribution in [2.24, 2.45) is 5.92 Å². The summed E-state index contributed by atoms with van der Waals surface area (Å²) in [6.07, 6.45) is 5.26. The van der Waals surface area contributed by atoms with Crippen LogP contribution in [0.25, 0.3) is 0 Å². The third-order valence-corrected chi connectivity index (χ3v) is 4.19. The molecular formula is C12H17N3OS. The van der Waals surface area contributed by atoms with Crippen molar-refractivity contribution in [2.45, 2.75) is 31.8 Å². The number of nitrogens with one attached hydrogen (secondary N) is 1. The minimum absolute atomic E-state index is 0.198. The molecule has 3 rings (SSSR count). The normalized spacial score (nSPS) is 25.1. The van der Waals surface area contributed by atoms with Crippen LogP contribution in [-0.2, 0) is 11.3 Å². The SMILES string of the molecule is O=C(NC1CC1)C1CCN(Cc2cncs2)C1. The van der Waals surface area contributed by atoms with Crippen molar-refractivity contribution in [2.75, 3.05) is 13.1 Å². The molecule has 2 heterocycles. The van der Waals surface area contributed by atoms with Gasteiger partial charge in [0.05, 0.1) is 11.4 Å². The Balaban J connectivity index is 1.49. The lowest BCUT2D eigenvalue weighted by Gasteiger charge is -2.14. The van der Waals surface area contributed by atoms with E-state index in [-0.39, 0.29) is 11.8 Å². The molecule has 5 heteroatoms. The third kappa shape index (κ3) is 2.84. The molecule has 1 saturated heterocycles. The van der Waals surface area contributed by atoms with E-state index in [1.54, 1.807) is 11.3 Å². The number of thiazole rings is 1. The average Bonchev–Trinajstić information content (AvgIpc) is 2.84. The number of rotatable bonds is 4. The van der Waals surface area contributed by atoms with Gasteiger partial charge < -0.3 is 5.32 Å². The van der Waals surface area contributed by atoms with Gasteiger partial charge >= 0.3 is 0 Å². The first-order valence-corrected chi connectivity index (χ1v) is 7.09. The fourth-order valence-electron chi connectivity index (χ4n) is 2.28. The van der Waals surface area contributed by atoms with Crippen molar-refractivity contribution < 1.29 is 4.79 Å². The van der Waals surface area contributed by atoms with E-state index in [0.717, 1.165) is 26.1 Å². The van der Waals surface area contributed by atoms with E-state index in [2.05, 4.69) is 15.2 Å². The highest BCUT2D eigenvalue weighted by Gasteiger charge is 2.31. The van der Waals surface area contributed by atoms with Gasteiger partial charge in [-0.2, -0.15) is 0 Å². The second-order valence-corrected chi connectivity index (χ2v) is 5.94. The van der Waals surface area contributed by atoms with Crippen LogP contribution in [0.5, 0.6) is 0 Å². The molecular weight excluding hydrogens is 234 g/mol. The first-order chi connectivity index (χ1) is 8.31. The molecule has 1 aromatic heterocycles. The lowest BCUT2D eigenvalue weighted by atomic mass is 10.1. The zero-order chi connectivity index (χ0) is 11.7. The Hall–Kier alpha value is -0.940. The highest BCUT2D eigenvalue weighted by molar-refractivity contribution is 7.09. The van der Waals surface area contributed by atoms with Crippen LogP contribution in [0.15, 0.2) is 11.7 Å². The maximum atomic E-state index is 11.9. The van der Waals surface area contributed by atoms with Gasteiger partial charge in [0.1, 0.15) is 0 Å². The van der Waals surface area contributed by atoms with Crippen LogP contribution < -0.4 is 5.32 Å². The summed E-state index contributed by atoms with van der Waals surface area (Å²) in [6, 6.07) is 0.484. The molecule has 1 aliphatic heterocycles. The molecule has 2 aliphatic rings. The van der Waals surface area contributed by atoms with Crippen LogP contribution in [0.1, 0.15) is 24.1 Å². The van der Waals surface area contributed by atoms with E-state index in [4.69, 9.17) is 0 Å². The molecule has 0 spiro atoms. The molecule has 1 atom stereocenters. The topological polar surface area (TPSA) is 45.2 Å². The van der Waals surface area contributed by atoms with Gasteiger partial charge in [-0.3, -0.25) is 14.7 Å². The second kappa shape index (κ2) is 4.74. The van der Waals surface area contributed by atoms with Crippen molar-refractivity contribution in [3.8, 4) is 0 Å². The standard InChI is InChI=1S/C12H17N3OS/c16-12(14-10-1-2-10)9-3-4-15(6-9)7-11-5-13-8-17-11/h5,8-10H,1-4,6-7H2,(H,14,16). The van der Waals surface area contributed by atoms with Crippen molar-refractivity contribution in [3.05, 3.63) is 16.6 Å². The number of nitrogens with zero attached hydrogens (tertiary/aromatic N) is 2. The van der Waals surface area contributed by atoms with Crippen LogP contribution in [0.4, 0.5) is 0 Å². The van der Waals surface area contributed by atoms with E-state index in [1.165, 1.54) is 17.7 Å². The van der Waals surface area contributed by atoms with Crippen molar-refractivity contribution in [1.82, 2.24) is 15.2 Å². The molecule has 1 N–H and O–H groups in total. The molecule has 4 nitrogen and oxygen atoms in total. The predicted octanol–water partition coefficient (Wildman–Crippen LogP) is 1.24. The molecule has 0 radical (unpaired) electrons. The number of hydrogen-bond donors (Lipinski definition) is 1. The first kappa shape index (κ1) is 11.2. The highest BCUT2D eigenvalue weighted by atomic mass is 32.1. The summed E-state index contributed by atoms with van der Waals surface area (Å²) in [7, 11) is 0. The summed E-state index contributed by atoms with van der Waals surface area (Å²) in [5, 5.41) is 3.10. The van der Waals surface area contributed by atoms with Crippen LogP contribution >= 0.6 is 11.3 Å². The molecule has 1 saturated carbocycles. The smallest absolute Gasteiger partial charge is 0.224 e.